The normalized spacial score (nSPS) is 12.2. The van der Waals surface area contributed by atoms with Crippen molar-refractivity contribution in [2.24, 2.45) is 0 Å². The number of anilines is 1. The molecule has 2 aromatic heterocycles. The van der Waals surface area contributed by atoms with Crippen LogP contribution in [0.15, 0.2) is 77.5 Å². The summed E-state index contributed by atoms with van der Waals surface area (Å²) < 4.78 is 5.86. The van der Waals surface area contributed by atoms with Crippen LogP contribution in [0.25, 0.3) is 22.4 Å². The van der Waals surface area contributed by atoms with Gasteiger partial charge in [0.15, 0.2) is 0 Å². The summed E-state index contributed by atoms with van der Waals surface area (Å²) in [6.45, 7) is -0.0428. The van der Waals surface area contributed by atoms with E-state index < -0.39 is 0 Å². The summed E-state index contributed by atoms with van der Waals surface area (Å²) in [5, 5.41) is 13.8. The van der Waals surface area contributed by atoms with Gasteiger partial charge in [-0.1, -0.05) is 60.7 Å². The molecule has 124 valence electrons. The van der Waals surface area contributed by atoms with E-state index in [0.717, 1.165) is 22.3 Å². The Hall–Kier alpha value is -3.18. The number of hydrogen-bond donors (Lipinski definition) is 2. The maximum Gasteiger partial charge on any atom is 0.231 e. The molecule has 2 aromatic carbocycles. The van der Waals surface area contributed by atoms with Crippen molar-refractivity contribution in [2.45, 2.75) is 6.04 Å². The zero-order valence-electron chi connectivity index (χ0n) is 13.5. The Morgan fingerprint density at radius 1 is 0.960 bits per heavy atom. The standard InChI is InChI=1S/C20H17N3O2/c24-12-17(14-7-3-1-4-8-14)23-19-16-11-18(15-9-5-2-6-10-15)25-20(16)22-13-21-19/h1-11,13,17,24H,12H2,(H,21,22,23). The second kappa shape index (κ2) is 6.75. The molecule has 0 radical (unpaired) electrons. The quantitative estimate of drug-likeness (QED) is 0.577. The van der Waals surface area contributed by atoms with Gasteiger partial charge in [0.2, 0.25) is 5.71 Å². The van der Waals surface area contributed by atoms with Crippen LogP contribution in [0.3, 0.4) is 0 Å². The third-order valence-electron chi connectivity index (χ3n) is 4.08. The highest BCUT2D eigenvalue weighted by atomic mass is 16.3. The molecule has 25 heavy (non-hydrogen) atoms. The summed E-state index contributed by atoms with van der Waals surface area (Å²) in [4.78, 5) is 8.55. The fraction of sp³-hybridized carbons (Fsp3) is 0.100. The number of aliphatic hydroxyl groups excluding tert-OH is 1. The van der Waals surface area contributed by atoms with Crippen molar-refractivity contribution in [1.29, 1.82) is 0 Å². The van der Waals surface area contributed by atoms with Crippen LogP contribution in [-0.4, -0.2) is 21.7 Å². The van der Waals surface area contributed by atoms with E-state index in [0.29, 0.717) is 11.5 Å². The van der Waals surface area contributed by atoms with E-state index in [2.05, 4.69) is 15.3 Å². The highest BCUT2D eigenvalue weighted by molar-refractivity contribution is 5.89. The van der Waals surface area contributed by atoms with Crippen molar-refractivity contribution in [1.82, 2.24) is 9.97 Å². The first-order valence-corrected chi connectivity index (χ1v) is 8.07. The summed E-state index contributed by atoms with van der Waals surface area (Å²) in [5.74, 6) is 1.37. The van der Waals surface area contributed by atoms with Crippen LogP contribution in [0.5, 0.6) is 0 Å². The summed E-state index contributed by atoms with van der Waals surface area (Å²) in [6, 6.07) is 21.3. The third kappa shape index (κ3) is 3.09. The molecule has 0 fully saturated rings. The van der Waals surface area contributed by atoms with Crippen molar-refractivity contribution in [3.8, 4) is 11.3 Å². The van der Waals surface area contributed by atoms with Crippen molar-refractivity contribution >= 4 is 16.9 Å². The smallest absolute Gasteiger partial charge is 0.231 e. The molecule has 5 heteroatoms. The number of nitrogens with one attached hydrogen (secondary N) is 1. The average molecular weight is 331 g/mol. The van der Waals surface area contributed by atoms with Crippen LogP contribution in [0.1, 0.15) is 11.6 Å². The minimum atomic E-state index is -0.255. The van der Waals surface area contributed by atoms with Gasteiger partial charge in [-0.15, -0.1) is 0 Å². The number of nitrogens with zero attached hydrogens (tertiary/aromatic N) is 2. The Balaban J connectivity index is 1.71. The van der Waals surface area contributed by atoms with E-state index in [9.17, 15) is 5.11 Å². The minimum absolute atomic E-state index is 0.0428. The van der Waals surface area contributed by atoms with Crippen LogP contribution in [0, 0.1) is 0 Å². The van der Waals surface area contributed by atoms with Gasteiger partial charge in [0.1, 0.15) is 17.9 Å². The molecule has 0 aliphatic heterocycles. The lowest BCUT2D eigenvalue weighted by Crippen LogP contribution is -2.15. The van der Waals surface area contributed by atoms with Gasteiger partial charge < -0.3 is 14.8 Å². The zero-order valence-corrected chi connectivity index (χ0v) is 13.5. The van der Waals surface area contributed by atoms with Crippen LogP contribution in [-0.2, 0) is 0 Å². The molecule has 4 aromatic rings. The monoisotopic (exact) mass is 331 g/mol. The minimum Gasteiger partial charge on any atom is -0.438 e. The van der Waals surface area contributed by atoms with Crippen molar-refractivity contribution in [3.05, 3.63) is 78.6 Å². The van der Waals surface area contributed by atoms with E-state index in [4.69, 9.17) is 4.42 Å². The number of fused-ring (bicyclic) bond motifs is 1. The summed E-state index contributed by atoms with van der Waals surface area (Å²) in [5.41, 5.74) is 2.48. The molecular formula is C20H17N3O2. The van der Waals surface area contributed by atoms with Gasteiger partial charge >= 0.3 is 0 Å². The molecule has 0 aliphatic rings. The number of furan rings is 1. The second-order valence-electron chi connectivity index (χ2n) is 5.71. The van der Waals surface area contributed by atoms with E-state index in [1.165, 1.54) is 6.33 Å². The molecule has 0 spiro atoms. The van der Waals surface area contributed by atoms with Crippen LogP contribution in [0.2, 0.25) is 0 Å². The molecule has 5 nitrogen and oxygen atoms in total. The number of benzene rings is 2. The Bertz CT molecular complexity index is 968. The van der Waals surface area contributed by atoms with Crippen LogP contribution < -0.4 is 5.32 Å². The van der Waals surface area contributed by atoms with Gasteiger partial charge in [-0.2, -0.15) is 0 Å². The molecule has 1 unspecified atom stereocenters. The van der Waals surface area contributed by atoms with Crippen molar-refractivity contribution < 1.29 is 9.52 Å². The van der Waals surface area contributed by atoms with Crippen molar-refractivity contribution in [2.75, 3.05) is 11.9 Å². The van der Waals surface area contributed by atoms with Gasteiger partial charge in [0.25, 0.3) is 0 Å². The molecular weight excluding hydrogens is 314 g/mol. The molecule has 4 rings (SSSR count). The molecule has 0 saturated heterocycles. The molecule has 2 heterocycles. The first-order valence-electron chi connectivity index (χ1n) is 8.07. The second-order valence-corrected chi connectivity index (χ2v) is 5.71. The zero-order chi connectivity index (χ0) is 17.1. The number of aliphatic hydroxyl groups is 1. The first kappa shape index (κ1) is 15.4. The molecule has 0 aliphatic carbocycles. The van der Waals surface area contributed by atoms with Gasteiger partial charge in [-0.05, 0) is 11.6 Å². The van der Waals surface area contributed by atoms with Gasteiger partial charge in [-0.3, -0.25) is 0 Å². The molecule has 0 amide bonds. The van der Waals surface area contributed by atoms with Gasteiger partial charge in [0, 0.05) is 5.56 Å². The van der Waals surface area contributed by atoms with Crippen molar-refractivity contribution in [3.63, 3.8) is 0 Å². The van der Waals surface area contributed by atoms with Gasteiger partial charge in [0.05, 0.1) is 18.0 Å². The molecule has 0 bridgehead atoms. The SMILES string of the molecule is OCC(Nc1ncnc2oc(-c3ccccc3)cc12)c1ccccc1. The maximum absolute atomic E-state index is 9.77. The highest BCUT2D eigenvalue weighted by Crippen LogP contribution is 2.31. The molecule has 2 N–H and O–H groups in total. The Morgan fingerprint density at radius 2 is 1.68 bits per heavy atom. The maximum atomic E-state index is 9.77. The lowest BCUT2D eigenvalue weighted by Gasteiger charge is -2.17. The number of rotatable bonds is 5. The van der Waals surface area contributed by atoms with Gasteiger partial charge in [-0.25, -0.2) is 9.97 Å². The average Bonchev–Trinajstić information content (AvgIpc) is 3.12. The van der Waals surface area contributed by atoms with Crippen LogP contribution >= 0.6 is 0 Å². The Labute approximate surface area is 145 Å². The topological polar surface area (TPSA) is 71.2 Å². The predicted molar refractivity (Wildman–Crippen MR) is 97.1 cm³/mol. The summed E-state index contributed by atoms with van der Waals surface area (Å²) >= 11 is 0. The molecule has 1 atom stereocenters. The fourth-order valence-electron chi connectivity index (χ4n) is 2.80. The fourth-order valence-corrected chi connectivity index (χ4v) is 2.80. The van der Waals surface area contributed by atoms with E-state index in [1.54, 1.807) is 0 Å². The highest BCUT2D eigenvalue weighted by Gasteiger charge is 2.16. The number of hydrogen-bond acceptors (Lipinski definition) is 5. The largest absolute Gasteiger partial charge is 0.438 e. The molecule has 0 saturated carbocycles. The van der Waals surface area contributed by atoms with E-state index in [1.807, 2.05) is 66.7 Å². The van der Waals surface area contributed by atoms with E-state index >= 15 is 0 Å². The lowest BCUT2D eigenvalue weighted by atomic mass is 10.1. The Kier molecular flexibility index (Phi) is 4.14. The third-order valence-corrected chi connectivity index (χ3v) is 4.08. The van der Waals surface area contributed by atoms with Crippen LogP contribution in [0.4, 0.5) is 5.82 Å². The number of aromatic nitrogens is 2. The Morgan fingerprint density at radius 3 is 2.40 bits per heavy atom. The summed E-state index contributed by atoms with van der Waals surface area (Å²) in [6.07, 6.45) is 1.46. The van der Waals surface area contributed by atoms with E-state index in [-0.39, 0.29) is 12.6 Å². The first-order chi connectivity index (χ1) is 12.3. The lowest BCUT2D eigenvalue weighted by molar-refractivity contribution is 0.276. The predicted octanol–water partition coefficient (Wildman–Crippen LogP) is 4.04. The summed E-state index contributed by atoms with van der Waals surface area (Å²) in [7, 11) is 0.